The summed E-state index contributed by atoms with van der Waals surface area (Å²) in [6.45, 7) is 3.87. The van der Waals surface area contributed by atoms with Gasteiger partial charge in [-0.05, 0) is 44.9 Å². The minimum absolute atomic E-state index is 0.144. The van der Waals surface area contributed by atoms with E-state index < -0.39 is 14.8 Å². The van der Waals surface area contributed by atoms with Crippen LogP contribution in [0.2, 0.25) is 0 Å². The van der Waals surface area contributed by atoms with Crippen LogP contribution in [-0.4, -0.2) is 19.1 Å². The Balaban J connectivity index is 1.73. The highest BCUT2D eigenvalue weighted by atomic mass is 32.2. The Morgan fingerprint density at radius 1 is 1.35 bits per heavy atom. The number of carbonyl (C=O) groups excluding carboxylic acids is 1. The van der Waals surface area contributed by atoms with Gasteiger partial charge < -0.3 is 0 Å². The molecular weight excluding hydrogens is 274 g/mol. The van der Waals surface area contributed by atoms with Crippen LogP contribution in [0.5, 0.6) is 0 Å². The van der Waals surface area contributed by atoms with E-state index in [1.807, 2.05) is 0 Å². The highest BCUT2D eigenvalue weighted by Gasteiger charge is 2.52. The average Bonchev–Trinajstić information content (AvgIpc) is 3.25. The molecular formula is C15H25NO3S. The van der Waals surface area contributed by atoms with E-state index >= 15 is 0 Å². The molecule has 20 heavy (non-hydrogen) atoms. The number of sulfonamides is 1. The van der Waals surface area contributed by atoms with E-state index in [1.165, 1.54) is 19.3 Å². The van der Waals surface area contributed by atoms with Crippen LogP contribution in [0.4, 0.5) is 0 Å². The van der Waals surface area contributed by atoms with Gasteiger partial charge in [0.25, 0.3) is 0 Å². The third-order valence-corrected chi connectivity index (χ3v) is 6.55. The SMILES string of the molecule is CCCCCC=CC1CC1C(=O)NS(=O)(=O)C1(C)CC1. The number of hydrogen-bond acceptors (Lipinski definition) is 3. The van der Waals surface area contributed by atoms with Crippen LogP contribution in [0.15, 0.2) is 12.2 Å². The maximum atomic E-state index is 11.9. The molecule has 2 atom stereocenters. The molecule has 0 aromatic carbocycles. The molecule has 0 radical (unpaired) electrons. The van der Waals surface area contributed by atoms with Gasteiger partial charge >= 0.3 is 0 Å². The molecule has 2 fully saturated rings. The molecule has 0 aliphatic heterocycles. The third-order valence-electron chi connectivity index (χ3n) is 4.37. The first-order valence-electron chi connectivity index (χ1n) is 7.62. The Morgan fingerprint density at radius 3 is 2.65 bits per heavy atom. The molecule has 2 unspecified atom stereocenters. The summed E-state index contributed by atoms with van der Waals surface area (Å²) in [6.07, 6.45) is 11.0. The lowest BCUT2D eigenvalue weighted by Crippen LogP contribution is -2.39. The van der Waals surface area contributed by atoms with Gasteiger partial charge in [0, 0.05) is 5.92 Å². The fourth-order valence-electron chi connectivity index (χ4n) is 2.29. The molecule has 2 rings (SSSR count). The standard InChI is InChI=1S/C15H25NO3S/c1-3-4-5-6-7-8-12-11-13(12)14(17)16-20(18,19)15(2)9-10-15/h7-8,12-13H,3-6,9-11H2,1-2H3,(H,16,17). The number of unbranched alkanes of at least 4 members (excludes halogenated alkanes) is 3. The molecule has 0 heterocycles. The highest BCUT2D eigenvalue weighted by Crippen LogP contribution is 2.44. The van der Waals surface area contributed by atoms with Crippen molar-refractivity contribution in [2.75, 3.05) is 0 Å². The number of rotatable bonds is 8. The van der Waals surface area contributed by atoms with Crippen LogP contribution >= 0.6 is 0 Å². The minimum Gasteiger partial charge on any atom is -0.274 e. The van der Waals surface area contributed by atoms with Crippen molar-refractivity contribution in [3.05, 3.63) is 12.2 Å². The maximum absolute atomic E-state index is 11.9. The van der Waals surface area contributed by atoms with Crippen molar-refractivity contribution in [3.63, 3.8) is 0 Å². The first-order chi connectivity index (χ1) is 9.39. The Kier molecular flexibility index (Phi) is 4.57. The quantitative estimate of drug-likeness (QED) is 0.553. The molecule has 2 saturated carbocycles. The zero-order valence-corrected chi connectivity index (χ0v) is 13.2. The second kappa shape index (κ2) is 5.88. The van der Waals surface area contributed by atoms with Gasteiger partial charge in [0.15, 0.2) is 0 Å². The number of nitrogens with one attached hydrogen (secondary N) is 1. The van der Waals surface area contributed by atoms with E-state index in [0.29, 0.717) is 12.8 Å². The summed E-state index contributed by atoms with van der Waals surface area (Å²) in [5.41, 5.74) is 0. The van der Waals surface area contributed by atoms with Crippen molar-refractivity contribution < 1.29 is 13.2 Å². The van der Waals surface area contributed by atoms with Gasteiger partial charge in [-0.1, -0.05) is 31.9 Å². The minimum atomic E-state index is -3.47. The van der Waals surface area contributed by atoms with Gasteiger partial charge in [0.2, 0.25) is 15.9 Å². The fourth-order valence-corrected chi connectivity index (χ4v) is 3.59. The van der Waals surface area contributed by atoms with Gasteiger partial charge in [-0.25, -0.2) is 8.42 Å². The van der Waals surface area contributed by atoms with Crippen LogP contribution in [0, 0.1) is 11.8 Å². The lowest BCUT2D eigenvalue weighted by Gasteiger charge is -2.11. The summed E-state index contributed by atoms with van der Waals surface area (Å²) in [5.74, 6) is -0.227. The summed E-state index contributed by atoms with van der Waals surface area (Å²) in [6, 6.07) is 0. The summed E-state index contributed by atoms with van der Waals surface area (Å²) in [4.78, 5) is 11.9. The molecule has 0 spiro atoms. The van der Waals surface area contributed by atoms with Gasteiger partial charge in [0.05, 0.1) is 4.75 Å². The van der Waals surface area contributed by atoms with Crippen molar-refractivity contribution in [1.82, 2.24) is 4.72 Å². The van der Waals surface area contributed by atoms with E-state index in [1.54, 1.807) is 6.92 Å². The smallest absolute Gasteiger partial charge is 0.240 e. The molecule has 114 valence electrons. The first-order valence-corrected chi connectivity index (χ1v) is 9.11. The van der Waals surface area contributed by atoms with E-state index in [0.717, 1.165) is 12.8 Å². The van der Waals surface area contributed by atoms with Gasteiger partial charge in [-0.3, -0.25) is 9.52 Å². The van der Waals surface area contributed by atoms with E-state index in [-0.39, 0.29) is 17.7 Å². The van der Waals surface area contributed by atoms with E-state index in [2.05, 4.69) is 23.8 Å². The van der Waals surface area contributed by atoms with Crippen molar-refractivity contribution >= 4 is 15.9 Å². The third kappa shape index (κ3) is 3.62. The Bertz CT molecular complexity index is 491. The zero-order valence-electron chi connectivity index (χ0n) is 12.4. The van der Waals surface area contributed by atoms with Gasteiger partial charge in [0.1, 0.15) is 0 Å². The van der Waals surface area contributed by atoms with Crippen LogP contribution in [0.3, 0.4) is 0 Å². The van der Waals surface area contributed by atoms with Crippen molar-refractivity contribution in [1.29, 1.82) is 0 Å². The number of allylic oxidation sites excluding steroid dienone is 2. The van der Waals surface area contributed by atoms with Crippen LogP contribution < -0.4 is 4.72 Å². The molecule has 2 aliphatic carbocycles. The predicted octanol–water partition coefficient (Wildman–Crippen LogP) is 2.76. The highest BCUT2D eigenvalue weighted by molar-refractivity contribution is 7.91. The normalized spacial score (nSPS) is 27.5. The lowest BCUT2D eigenvalue weighted by molar-refractivity contribution is -0.120. The predicted molar refractivity (Wildman–Crippen MR) is 79.6 cm³/mol. The van der Waals surface area contributed by atoms with Gasteiger partial charge in [-0.15, -0.1) is 0 Å². The monoisotopic (exact) mass is 299 g/mol. The molecule has 1 amide bonds. The second-order valence-electron chi connectivity index (χ2n) is 6.35. The zero-order chi connectivity index (χ0) is 14.8. The summed E-state index contributed by atoms with van der Waals surface area (Å²) < 4.78 is 25.4. The van der Waals surface area contributed by atoms with Gasteiger partial charge in [-0.2, -0.15) is 0 Å². The molecule has 0 bridgehead atoms. The molecule has 0 saturated heterocycles. The lowest BCUT2D eigenvalue weighted by atomic mass is 10.2. The number of hydrogen-bond donors (Lipinski definition) is 1. The molecule has 2 aliphatic rings. The summed E-state index contributed by atoms with van der Waals surface area (Å²) >= 11 is 0. The number of amides is 1. The number of carbonyl (C=O) groups is 1. The molecule has 5 heteroatoms. The molecule has 4 nitrogen and oxygen atoms in total. The van der Waals surface area contributed by atoms with Crippen LogP contribution in [0.1, 0.15) is 58.8 Å². The molecule has 0 aromatic rings. The largest absolute Gasteiger partial charge is 0.274 e. The Labute approximate surface area is 122 Å². The second-order valence-corrected chi connectivity index (χ2v) is 8.55. The average molecular weight is 299 g/mol. The maximum Gasteiger partial charge on any atom is 0.240 e. The van der Waals surface area contributed by atoms with Crippen LogP contribution in [-0.2, 0) is 14.8 Å². The van der Waals surface area contributed by atoms with Crippen molar-refractivity contribution in [3.8, 4) is 0 Å². The Hall–Kier alpha value is -0.840. The molecule has 1 N–H and O–H groups in total. The first kappa shape index (κ1) is 15.5. The topological polar surface area (TPSA) is 63.2 Å². The van der Waals surface area contributed by atoms with E-state index in [9.17, 15) is 13.2 Å². The van der Waals surface area contributed by atoms with Crippen molar-refractivity contribution in [2.45, 2.75) is 63.5 Å². The molecule has 0 aromatic heterocycles. The summed E-state index contributed by atoms with van der Waals surface area (Å²) in [5, 5.41) is 0. The van der Waals surface area contributed by atoms with Crippen molar-refractivity contribution in [2.24, 2.45) is 11.8 Å². The van der Waals surface area contributed by atoms with E-state index in [4.69, 9.17) is 0 Å². The summed E-state index contributed by atoms with van der Waals surface area (Å²) in [7, 11) is -3.47. The Morgan fingerprint density at radius 2 is 2.05 bits per heavy atom. The fraction of sp³-hybridized carbons (Fsp3) is 0.800. The van der Waals surface area contributed by atoms with Crippen LogP contribution in [0.25, 0.3) is 0 Å².